The fourth-order valence-electron chi connectivity index (χ4n) is 2.85. The first-order valence-corrected chi connectivity index (χ1v) is 8.39. The number of allylic oxidation sites excluding steroid dienone is 5. The molecule has 0 fully saturated rings. The average Bonchev–Trinajstić information content (AvgIpc) is 2.71. The molecule has 0 radical (unpaired) electrons. The molecule has 0 spiro atoms. The molecule has 1 aliphatic carbocycles. The molecule has 1 aliphatic rings. The van der Waals surface area contributed by atoms with E-state index in [1.165, 1.54) is 4.42 Å². The van der Waals surface area contributed by atoms with Gasteiger partial charge in [0.05, 0.1) is 22.6 Å². The van der Waals surface area contributed by atoms with Crippen molar-refractivity contribution < 1.29 is 4.74 Å². The summed E-state index contributed by atoms with van der Waals surface area (Å²) >= 11 is 6.06. The van der Waals surface area contributed by atoms with E-state index < -0.39 is 0 Å². The molecular formula is C19H25ClN4O. The fourth-order valence-corrected chi connectivity index (χ4v) is 2.94. The summed E-state index contributed by atoms with van der Waals surface area (Å²) in [6, 6.07) is 0. The number of hydrogen-bond donors (Lipinski definition) is 1. The van der Waals surface area contributed by atoms with E-state index in [-0.39, 0.29) is 12.6 Å². The Hall–Kier alpha value is -2.24. The van der Waals surface area contributed by atoms with Gasteiger partial charge in [-0.3, -0.25) is 10.2 Å². The van der Waals surface area contributed by atoms with Crippen molar-refractivity contribution in [1.82, 2.24) is 14.2 Å². The number of rotatable bonds is 6. The van der Waals surface area contributed by atoms with Gasteiger partial charge >= 0.3 is 0 Å². The standard InChI is InChI=1S/C19H25ClN4O/c1-12-8-7-9-17(14(3)23(6)20)10-18(12)24-15(4)19(13(2)22-24)16(5)25-11-21/h7-10,12H,3,5,11,21H2,1-2,4,6H3. The zero-order valence-electron chi connectivity index (χ0n) is 15.2. The van der Waals surface area contributed by atoms with E-state index in [2.05, 4.69) is 32.2 Å². The van der Waals surface area contributed by atoms with Crippen molar-refractivity contribution in [3.05, 3.63) is 65.7 Å². The summed E-state index contributed by atoms with van der Waals surface area (Å²) in [5.74, 6) is 0.693. The third-order valence-electron chi connectivity index (χ3n) is 4.22. The summed E-state index contributed by atoms with van der Waals surface area (Å²) in [5.41, 5.74) is 10.8. The number of hydrogen-bond acceptors (Lipinski definition) is 4. The van der Waals surface area contributed by atoms with E-state index in [1.807, 2.05) is 30.7 Å². The topological polar surface area (TPSA) is 56.3 Å². The van der Waals surface area contributed by atoms with Crippen molar-refractivity contribution in [1.29, 1.82) is 0 Å². The van der Waals surface area contributed by atoms with Gasteiger partial charge in [0.1, 0.15) is 12.5 Å². The van der Waals surface area contributed by atoms with Gasteiger partial charge < -0.3 is 4.74 Å². The summed E-state index contributed by atoms with van der Waals surface area (Å²) in [7, 11) is 1.76. The third kappa shape index (κ3) is 3.89. The van der Waals surface area contributed by atoms with Crippen LogP contribution in [0.4, 0.5) is 0 Å². The van der Waals surface area contributed by atoms with Crippen LogP contribution in [0, 0.1) is 19.8 Å². The highest BCUT2D eigenvalue weighted by atomic mass is 35.5. The molecule has 2 N–H and O–H groups in total. The molecule has 0 saturated carbocycles. The summed E-state index contributed by atoms with van der Waals surface area (Å²) in [6.45, 7) is 14.1. The molecule has 0 aromatic carbocycles. The van der Waals surface area contributed by atoms with Crippen molar-refractivity contribution in [3.8, 4) is 0 Å². The normalized spacial score (nSPS) is 16.8. The largest absolute Gasteiger partial charge is 0.478 e. The number of likely N-dealkylation sites (N-methyl/N-ethyl adjacent to an activating group) is 1. The second-order valence-electron chi connectivity index (χ2n) is 5.98. The van der Waals surface area contributed by atoms with Crippen LogP contribution in [-0.4, -0.2) is 28.0 Å². The van der Waals surface area contributed by atoms with Crippen LogP contribution in [0.2, 0.25) is 0 Å². The molecule has 1 aromatic rings. The molecule has 0 amide bonds. The van der Waals surface area contributed by atoms with E-state index in [9.17, 15) is 0 Å². The van der Waals surface area contributed by atoms with Gasteiger partial charge in [-0.25, -0.2) is 4.68 Å². The molecule has 2 rings (SSSR count). The van der Waals surface area contributed by atoms with Gasteiger partial charge in [0, 0.05) is 36.0 Å². The molecule has 0 saturated heterocycles. The van der Waals surface area contributed by atoms with Gasteiger partial charge in [-0.2, -0.15) is 5.10 Å². The molecule has 0 bridgehead atoms. The monoisotopic (exact) mass is 360 g/mol. The predicted octanol–water partition coefficient (Wildman–Crippen LogP) is 3.98. The molecule has 1 atom stereocenters. The van der Waals surface area contributed by atoms with Gasteiger partial charge in [0.2, 0.25) is 0 Å². The van der Waals surface area contributed by atoms with Crippen LogP contribution in [0.5, 0.6) is 0 Å². The van der Waals surface area contributed by atoms with E-state index in [0.29, 0.717) is 5.76 Å². The van der Waals surface area contributed by atoms with Gasteiger partial charge in [-0.1, -0.05) is 38.3 Å². The maximum absolute atomic E-state index is 6.06. The first kappa shape index (κ1) is 19.1. The van der Waals surface area contributed by atoms with E-state index >= 15 is 0 Å². The predicted molar refractivity (Wildman–Crippen MR) is 104 cm³/mol. The molecule has 25 heavy (non-hydrogen) atoms. The molecule has 5 nitrogen and oxygen atoms in total. The molecule has 0 aliphatic heterocycles. The molecule has 1 aromatic heterocycles. The Morgan fingerprint density at radius 1 is 1.44 bits per heavy atom. The van der Waals surface area contributed by atoms with E-state index in [1.54, 1.807) is 7.05 Å². The fraction of sp³-hybridized carbons (Fsp3) is 0.316. The number of aryl methyl sites for hydroxylation is 1. The zero-order chi connectivity index (χ0) is 18.7. The molecule has 134 valence electrons. The number of nitrogens with zero attached hydrogens (tertiary/aromatic N) is 3. The molecule has 1 unspecified atom stereocenters. The van der Waals surface area contributed by atoms with Crippen molar-refractivity contribution in [3.63, 3.8) is 0 Å². The molecular weight excluding hydrogens is 336 g/mol. The van der Waals surface area contributed by atoms with Crippen LogP contribution in [0.15, 0.2) is 48.7 Å². The van der Waals surface area contributed by atoms with Crippen molar-refractivity contribution in [2.24, 2.45) is 11.7 Å². The molecule has 1 heterocycles. The van der Waals surface area contributed by atoms with Gasteiger partial charge in [0.25, 0.3) is 0 Å². The zero-order valence-corrected chi connectivity index (χ0v) is 16.0. The van der Waals surface area contributed by atoms with Gasteiger partial charge in [-0.15, -0.1) is 0 Å². The smallest absolute Gasteiger partial charge is 0.137 e. The minimum Gasteiger partial charge on any atom is -0.478 e. The SMILES string of the molecule is C=C(OCN)c1c(C)nn(C2=CC(C(=C)N(C)Cl)=CC=CC2C)c1C. The Balaban J connectivity index is 2.54. The lowest BCUT2D eigenvalue weighted by Gasteiger charge is -2.17. The second kappa shape index (κ2) is 7.76. The van der Waals surface area contributed by atoms with Crippen LogP contribution < -0.4 is 5.73 Å². The summed E-state index contributed by atoms with van der Waals surface area (Å²) < 4.78 is 8.78. The summed E-state index contributed by atoms with van der Waals surface area (Å²) in [6.07, 6.45) is 8.18. The average molecular weight is 361 g/mol. The van der Waals surface area contributed by atoms with Crippen molar-refractivity contribution >= 4 is 23.2 Å². The number of aromatic nitrogens is 2. The van der Waals surface area contributed by atoms with Gasteiger partial charge in [-0.05, 0) is 19.9 Å². The van der Waals surface area contributed by atoms with Crippen LogP contribution >= 0.6 is 11.8 Å². The van der Waals surface area contributed by atoms with E-state index in [4.69, 9.17) is 27.3 Å². The quantitative estimate of drug-likeness (QED) is 0.473. The van der Waals surface area contributed by atoms with Crippen molar-refractivity contribution in [2.45, 2.75) is 20.8 Å². The lowest BCUT2D eigenvalue weighted by Crippen LogP contribution is -2.10. The van der Waals surface area contributed by atoms with Crippen LogP contribution in [0.1, 0.15) is 23.9 Å². The van der Waals surface area contributed by atoms with Crippen LogP contribution in [0.25, 0.3) is 11.5 Å². The number of nitrogens with two attached hydrogens (primary N) is 1. The number of ether oxygens (including phenoxy) is 1. The second-order valence-corrected chi connectivity index (χ2v) is 6.49. The first-order valence-electron chi connectivity index (χ1n) is 8.05. The maximum atomic E-state index is 6.06. The Morgan fingerprint density at radius 2 is 2.12 bits per heavy atom. The minimum atomic E-state index is 0.0828. The highest BCUT2D eigenvalue weighted by Crippen LogP contribution is 2.31. The first-order chi connectivity index (χ1) is 11.8. The third-order valence-corrected chi connectivity index (χ3v) is 4.43. The molecule has 6 heteroatoms. The number of halogens is 1. The van der Waals surface area contributed by atoms with Crippen molar-refractivity contribution in [2.75, 3.05) is 13.8 Å². The maximum Gasteiger partial charge on any atom is 0.137 e. The Bertz CT molecular complexity index is 784. The Morgan fingerprint density at radius 3 is 2.72 bits per heavy atom. The van der Waals surface area contributed by atoms with Crippen LogP contribution in [-0.2, 0) is 4.74 Å². The summed E-state index contributed by atoms with van der Waals surface area (Å²) in [4.78, 5) is 0. The Kier molecular flexibility index (Phi) is 5.93. The lowest BCUT2D eigenvalue weighted by molar-refractivity contribution is 0.289. The van der Waals surface area contributed by atoms with Gasteiger partial charge in [0.15, 0.2) is 0 Å². The Labute approximate surface area is 154 Å². The van der Waals surface area contributed by atoms with Crippen LogP contribution in [0.3, 0.4) is 0 Å². The minimum absolute atomic E-state index is 0.0828. The highest BCUT2D eigenvalue weighted by molar-refractivity contribution is 6.14. The highest BCUT2D eigenvalue weighted by Gasteiger charge is 2.21. The summed E-state index contributed by atoms with van der Waals surface area (Å²) in [5, 5.41) is 4.70. The lowest BCUT2D eigenvalue weighted by atomic mass is 10.1. The van der Waals surface area contributed by atoms with E-state index in [0.717, 1.165) is 33.9 Å².